The van der Waals surface area contributed by atoms with Crippen molar-refractivity contribution >= 4 is 27.8 Å². The number of fused-ring (bicyclic) bond motifs is 2. The highest BCUT2D eigenvalue weighted by atomic mass is 15.3. The summed E-state index contributed by atoms with van der Waals surface area (Å²) in [6.45, 7) is 5.93. The van der Waals surface area contributed by atoms with Crippen LogP contribution in [0.1, 0.15) is 31.2 Å². The molecule has 0 unspecified atom stereocenters. The lowest BCUT2D eigenvalue weighted by molar-refractivity contribution is 0.313. The molecule has 3 N–H and O–H groups in total. The van der Waals surface area contributed by atoms with Crippen molar-refractivity contribution in [1.82, 2.24) is 45.3 Å². The second-order valence-electron chi connectivity index (χ2n) is 11.0. The zero-order valence-corrected chi connectivity index (χ0v) is 22.3. The first-order valence-electron chi connectivity index (χ1n) is 14.0. The topological polar surface area (TPSA) is 115 Å². The number of hydrogen-bond acceptors (Lipinski definition) is 8. The molecule has 1 aliphatic heterocycles. The van der Waals surface area contributed by atoms with E-state index in [2.05, 4.69) is 65.5 Å². The summed E-state index contributed by atoms with van der Waals surface area (Å²) >= 11 is 0. The highest BCUT2D eigenvalue weighted by molar-refractivity contribution is 5.95. The van der Waals surface area contributed by atoms with E-state index in [-0.39, 0.29) is 0 Å². The van der Waals surface area contributed by atoms with E-state index in [1.54, 1.807) is 0 Å². The number of pyridine rings is 3. The average molecular weight is 523 g/mol. The highest BCUT2D eigenvalue weighted by Gasteiger charge is 2.21. The van der Waals surface area contributed by atoms with E-state index in [0.717, 1.165) is 84.2 Å². The summed E-state index contributed by atoms with van der Waals surface area (Å²) in [7, 11) is 2.17. The Balaban J connectivity index is 1.17. The van der Waals surface area contributed by atoms with Crippen molar-refractivity contribution in [2.24, 2.45) is 5.92 Å². The maximum atomic E-state index is 4.83. The Bertz CT molecular complexity index is 1590. The van der Waals surface area contributed by atoms with Crippen molar-refractivity contribution in [2.45, 2.75) is 32.2 Å². The fraction of sp³-hybridized carbons (Fsp3) is 0.414. The van der Waals surface area contributed by atoms with Gasteiger partial charge < -0.3 is 20.1 Å². The molecule has 2 aliphatic rings. The second-order valence-corrected chi connectivity index (χ2v) is 11.0. The van der Waals surface area contributed by atoms with Gasteiger partial charge >= 0.3 is 0 Å². The molecule has 2 fully saturated rings. The molecule has 0 amide bonds. The van der Waals surface area contributed by atoms with Crippen LogP contribution in [0.3, 0.4) is 0 Å². The first-order chi connectivity index (χ1) is 19.2. The van der Waals surface area contributed by atoms with E-state index in [9.17, 15) is 0 Å². The van der Waals surface area contributed by atoms with Crippen molar-refractivity contribution in [2.75, 3.05) is 44.7 Å². The highest BCUT2D eigenvalue weighted by Crippen LogP contribution is 2.31. The maximum absolute atomic E-state index is 4.83. The van der Waals surface area contributed by atoms with Gasteiger partial charge in [0.05, 0.1) is 23.1 Å². The van der Waals surface area contributed by atoms with Crippen LogP contribution in [0.25, 0.3) is 44.8 Å². The number of H-pyrrole nitrogens is 2. The van der Waals surface area contributed by atoms with E-state index in [0.29, 0.717) is 11.5 Å². The number of likely N-dealkylation sites (N-methyl/N-ethyl adjacent to an activating group) is 1. The summed E-state index contributed by atoms with van der Waals surface area (Å²) in [5, 5.41) is 12.3. The summed E-state index contributed by atoms with van der Waals surface area (Å²) in [4.78, 5) is 26.9. The van der Waals surface area contributed by atoms with E-state index < -0.39 is 0 Å². The lowest BCUT2D eigenvalue weighted by Gasteiger charge is -2.34. The Morgan fingerprint density at radius 3 is 2.77 bits per heavy atom. The van der Waals surface area contributed by atoms with E-state index >= 15 is 0 Å². The van der Waals surface area contributed by atoms with Crippen LogP contribution >= 0.6 is 0 Å². The summed E-state index contributed by atoms with van der Waals surface area (Å²) in [6, 6.07) is 6.32. The van der Waals surface area contributed by atoms with Gasteiger partial charge in [-0.3, -0.25) is 15.1 Å². The van der Waals surface area contributed by atoms with Gasteiger partial charge in [0.25, 0.3) is 0 Å². The zero-order chi connectivity index (χ0) is 26.2. The molecule has 5 aromatic heterocycles. The first-order valence-corrected chi connectivity index (χ1v) is 14.0. The van der Waals surface area contributed by atoms with Gasteiger partial charge in [-0.1, -0.05) is 12.8 Å². The van der Waals surface area contributed by atoms with E-state index in [1.165, 1.54) is 31.2 Å². The third kappa shape index (κ3) is 4.86. The maximum Gasteiger partial charge on any atom is 0.180 e. The molecule has 0 spiro atoms. The minimum Gasteiger partial charge on any atom is -0.367 e. The lowest BCUT2D eigenvalue weighted by atomic mass is 10.1. The smallest absolute Gasteiger partial charge is 0.180 e. The summed E-state index contributed by atoms with van der Waals surface area (Å²) < 4.78 is 0. The van der Waals surface area contributed by atoms with Crippen LogP contribution in [0.15, 0.2) is 43.0 Å². The molecule has 5 aromatic rings. The minimum atomic E-state index is 0.700. The summed E-state index contributed by atoms with van der Waals surface area (Å²) in [6.07, 6.45) is 12.9. The van der Waals surface area contributed by atoms with Gasteiger partial charge in [-0.05, 0) is 56.1 Å². The quantitative estimate of drug-likeness (QED) is 0.294. The van der Waals surface area contributed by atoms with E-state index in [1.807, 2.05) is 24.8 Å². The number of imidazole rings is 1. The van der Waals surface area contributed by atoms with Crippen molar-refractivity contribution < 1.29 is 0 Å². The monoisotopic (exact) mass is 522 g/mol. The third-order valence-electron chi connectivity index (χ3n) is 8.21. The number of piperazine rings is 1. The van der Waals surface area contributed by atoms with Crippen LogP contribution in [0.4, 0.5) is 5.69 Å². The van der Waals surface area contributed by atoms with Crippen molar-refractivity contribution in [3.8, 4) is 22.8 Å². The van der Waals surface area contributed by atoms with Crippen LogP contribution in [-0.2, 0) is 6.54 Å². The number of nitrogens with one attached hydrogen (secondary N) is 3. The van der Waals surface area contributed by atoms with Crippen LogP contribution < -0.4 is 10.2 Å². The SMILES string of the molecule is CN1CCN(c2ccnc3nc(-c4n[nH]c5cnc(-c6cncc(CNCC7CCCC7)c6)cc45)[nH]c23)CC1. The molecule has 0 radical (unpaired) electrons. The molecule has 1 saturated carbocycles. The number of anilines is 1. The summed E-state index contributed by atoms with van der Waals surface area (Å²) in [5.74, 6) is 1.52. The number of nitrogens with zero attached hydrogens (tertiary/aromatic N) is 7. The Hall–Kier alpha value is -3.89. The molecule has 10 heteroatoms. The zero-order valence-electron chi connectivity index (χ0n) is 22.3. The number of hydrogen-bond donors (Lipinski definition) is 3. The Labute approximate surface area is 227 Å². The molecule has 0 bridgehead atoms. The fourth-order valence-electron chi connectivity index (χ4n) is 5.94. The molecule has 200 valence electrons. The lowest BCUT2D eigenvalue weighted by Crippen LogP contribution is -2.44. The largest absolute Gasteiger partial charge is 0.367 e. The molecule has 39 heavy (non-hydrogen) atoms. The average Bonchev–Trinajstić information content (AvgIpc) is 3.73. The van der Waals surface area contributed by atoms with Gasteiger partial charge in [-0.25, -0.2) is 9.97 Å². The molecular formula is C29H34N10. The predicted octanol–water partition coefficient (Wildman–Crippen LogP) is 3.99. The number of aromatic amines is 2. The van der Waals surface area contributed by atoms with Crippen LogP contribution in [0.2, 0.25) is 0 Å². The normalized spacial score (nSPS) is 17.1. The van der Waals surface area contributed by atoms with Gasteiger partial charge in [-0.15, -0.1) is 0 Å². The van der Waals surface area contributed by atoms with Crippen molar-refractivity contribution in [1.29, 1.82) is 0 Å². The second kappa shape index (κ2) is 10.3. The van der Waals surface area contributed by atoms with Crippen molar-refractivity contribution in [3.05, 3.63) is 48.5 Å². The van der Waals surface area contributed by atoms with Crippen LogP contribution in [0, 0.1) is 5.92 Å². The molecule has 10 nitrogen and oxygen atoms in total. The molecule has 1 saturated heterocycles. The number of aromatic nitrogens is 7. The number of rotatable bonds is 7. The summed E-state index contributed by atoms with van der Waals surface area (Å²) in [5.41, 5.74) is 7.44. The Morgan fingerprint density at radius 2 is 1.90 bits per heavy atom. The third-order valence-corrected chi connectivity index (χ3v) is 8.21. The van der Waals surface area contributed by atoms with Gasteiger partial charge in [0, 0.05) is 62.3 Å². The fourth-order valence-corrected chi connectivity index (χ4v) is 5.94. The Kier molecular flexibility index (Phi) is 6.41. The molecule has 6 heterocycles. The molecule has 1 aliphatic carbocycles. The molecule has 7 rings (SSSR count). The van der Waals surface area contributed by atoms with Gasteiger partial charge in [-0.2, -0.15) is 5.10 Å². The van der Waals surface area contributed by atoms with Crippen LogP contribution in [0.5, 0.6) is 0 Å². The van der Waals surface area contributed by atoms with Crippen molar-refractivity contribution in [3.63, 3.8) is 0 Å². The predicted molar refractivity (Wildman–Crippen MR) is 153 cm³/mol. The van der Waals surface area contributed by atoms with Gasteiger partial charge in [0.1, 0.15) is 11.2 Å². The molecule has 0 atom stereocenters. The van der Waals surface area contributed by atoms with Crippen LogP contribution in [-0.4, -0.2) is 79.8 Å². The Morgan fingerprint density at radius 1 is 1.03 bits per heavy atom. The molecule has 0 aromatic carbocycles. The van der Waals surface area contributed by atoms with E-state index in [4.69, 9.17) is 9.97 Å². The minimum absolute atomic E-state index is 0.700. The molecular weight excluding hydrogens is 488 g/mol. The first kappa shape index (κ1) is 24.2. The van der Waals surface area contributed by atoms with Gasteiger partial charge in [0.15, 0.2) is 11.5 Å². The standard InChI is InChI=1S/C29H34N10/c1-38-8-10-39(11-9-38)25-6-7-32-28-27(25)34-29(35-28)26-22-13-23(33-18-24(22)36-37-26)21-12-20(16-31-17-21)15-30-14-19-4-2-3-5-19/h6-7,12-13,16-19,30H,2-5,8-11,14-15H2,1H3,(H,36,37)(H,32,34,35). The van der Waals surface area contributed by atoms with Gasteiger partial charge in [0.2, 0.25) is 0 Å².